The van der Waals surface area contributed by atoms with Gasteiger partial charge in [0, 0.05) is 17.3 Å². The molecule has 1 aromatic heterocycles. The van der Waals surface area contributed by atoms with Crippen molar-refractivity contribution in [1.82, 2.24) is 25.0 Å². The van der Waals surface area contributed by atoms with E-state index in [4.69, 9.17) is 11.6 Å². The number of nitrogens with zero attached hydrogens (tertiary/aromatic N) is 4. The fourth-order valence-electron chi connectivity index (χ4n) is 2.83. The second kappa shape index (κ2) is 10.1. The summed E-state index contributed by atoms with van der Waals surface area (Å²) in [6, 6.07) is 17.4. The van der Waals surface area contributed by atoms with E-state index < -0.39 is 0 Å². The molecule has 3 rings (SSSR count). The molecule has 0 spiro atoms. The lowest BCUT2D eigenvalue weighted by atomic mass is 10.2. The van der Waals surface area contributed by atoms with Gasteiger partial charge in [-0.15, -0.1) is 10.2 Å². The topological polar surface area (TPSA) is 63.1 Å². The summed E-state index contributed by atoms with van der Waals surface area (Å²) in [5.74, 6) is 0.762. The number of nitrogens with one attached hydrogen (secondary N) is 1. The number of halogens is 1. The molecule has 1 heterocycles. The van der Waals surface area contributed by atoms with E-state index in [1.54, 1.807) is 0 Å². The van der Waals surface area contributed by atoms with E-state index in [9.17, 15) is 4.79 Å². The van der Waals surface area contributed by atoms with Gasteiger partial charge < -0.3 is 5.32 Å². The summed E-state index contributed by atoms with van der Waals surface area (Å²) >= 11 is 7.46. The highest BCUT2D eigenvalue weighted by Gasteiger charge is 2.24. The molecule has 30 heavy (non-hydrogen) atoms. The molecule has 158 valence electrons. The standard InChI is InChI=1S/C22H26ClN5OS/c1-15(27(3)4)20-25-26-22(28(20)19-12-10-18(23)11-13-19)30-16(2)21(29)24-14-17-8-6-5-7-9-17/h5-13,15-16H,14H2,1-4H3,(H,24,29). The summed E-state index contributed by atoms with van der Waals surface area (Å²) in [7, 11) is 4.00. The van der Waals surface area contributed by atoms with Gasteiger partial charge in [-0.2, -0.15) is 0 Å². The number of thioether (sulfide) groups is 1. The first-order chi connectivity index (χ1) is 14.4. The SMILES string of the molecule is CC(Sc1nnc(C(C)N(C)C)n1-c1ccc(Cl)cc1)C(=O)NCc1ccccc1. The first-order valence-corrected chi connectivity index (χ1v) is 11.0. The quantitative estimate of drug-likeness (QED) is 0.524. The molecule has 2 aromatic carbocycles. The van der Waals surface area contributed by atoms with Gasteiger partial charge in [0.05, 0.1) is 11.3 Å². The van der Waals surface area contributed by atoms with Crippen LogP contribution in [0.4, 0.5) is 0 Å². The fraction of sp³-hybridized carbons (Fsp3) is 0.318. The van der Waals surface area contributed by atoms with Crippen molar-refractivity contribution in [2.45, 2.75) is 36.8 Å². The Labute approximate surface area is 186 Å². The third-order valence-electron chi connectivity index (χ3n) is 4.85. The monoisotopic (exact) mass is 443 g/mol. The predicted molar refractivity (Wildman–Crippen MR) is 122 cm³/mol. The average molecular weight is 444 g/mol. The van der Waals surface area contributed by atoms with Gasteiger partial charge in [0.15, 0.2) is 11.0 Å². The zero-order valence-corrected chi connectivity index (χ0v) is 19.1. The summed E-state index contributed by atoms with van der Waals surface area (Å²) in [5.41, 5.74) is 1.97. The Morgan fingerprint density at radius 1 is 1.10 bits per heavy atom. The van der Waals surface area contributed by atoms with Gasteiger partial charge in [-0.3, -0.25) is 14.3 Å². The van der Waals surface area contributed by atoms with Crippen LogP contribution in [0, 0.1) is 0 Å². The van der Waals surface area contributed by atoms with Crippen LogP contribution in [0.5, 0.6) is 0 Å². The Hall–Kier alpha value is -2.35. The van der Waals surface area contributed by atoms with Gasteiger partial charge in [0.25, 0.3) is 0 Å². The van der Waals surface area contributed by atoms with Gasteiger partial charge >= 0.3 is 0 Å². The first-order valence-electron chi connectivity index (χ1n) is 9.72. The number of rotatable bonds is 8. The van der Waals surface area contributed by atoms with Crippen LogP contribution < -0.4 is 5.32 Å². The van der Waals surface area contributed by atoms with Crippen LogP contribution in [-0.4, -0.2) is 44.9 Å². The van der Waals surface area contributed by atoms with Gasteiger partial charge in [-0.05, 0) is 57.8 Å². The zero-order valence-electron chi connectivity index (χ0n) is 17.5. The number of hydrogen-bond acceptors (Lipinski definition) is 5. The van der Waals surface area contributed by atoms with Crippen molar-refractivity contribution in [3.63, 3.8) is 0 Å². The molecule has 2 unspecified atom stereocenters. The maximum absolute atomic E-state index is 12.6. The van der Waals surface area contributed by atoms with Gasteiger partial charge in [0.2, 0.25) is 5.91 Å². The van der Waals surface area contributed by atoms with E-state index in [0.717, 1.165) is 17.1 Å². The average Bonchev–Trinajstić information content (AvgIpc) is 3.15. The summed E-state index contributed by atoms with van der Waals surface area (Å²) in [6.45, 7) is 4.44. The van der Waals surface area contributed by atoms with E-state index >= 15 is 0 Å². The normalized spacial score (nSPS) is 13.3. The Morgan fingerprint density at radius 3 is 2.40 bits per heavy atom. The van der Waals surface area contributed by atoms with Crippen molar-refractivity contribution in [3.8, 4) is 5.69 Å². The molecule has 0 bridgehead atoms. The second-order valence-corrected chi connectivity index (χ2v) is 9.00. The lowest BCUT2D eigenvalue weighted by molar-refractivity contribution is -0.120. The highest BCUT2D eigenvalue weighted by molar-refractivity contribution is 8.00. The van der Waals surface area contributed by atoms with Gasteiger partial charge in [0.1, 0.15) is 0 Å². The number of carbonyl (C=O) groups is 1. The minimum absolute atomic E-state index is 0.0447. The molecule has 0 radical (unpaired) electrons. The number of amides is 1. The van der Waals surface area contributed by atoms with Crippen LogP contribution in [0.1, 0.15) is 31.3 Å². The number of benzene rings is 2. The van der Waals surface area contributed by atoms with Crippen LogP contribution in [-0.2, 0) is 11.3 Å². The lowest BCUT2D eigenvalue weighted by Crippen LogP contribution is -2.30. The Kier molecular flexibility index (Phi) is 7.53. The highest BCUT2D eigenvalue weighted by atomic mass is 35.5. The van der Waals surface area contributed by atoms with Crippen LogP contribution >= 0.6 is 23.4 Å². The van der Waals surface area contributed by atoms with Crippen LogP contribution in [0.15, 0.2) is 59.8 Å². The van der Waals surface area contributed by atoms with E-state index in [-0.39, 0.29) is 17.2 Å². The Bertz CT molecular complexity index is 975. The molecule has 8 heteroatoms. The zero-order chi connectivity index (χ0) is 21.7. The minimum Gasteiger partial charge on any atom is -0.351 e. The summed E-state index contributed by atoms with van der Waals surface area (Å²) < 4.78 is 1.99. The Balaban J connectivity index is 1.80. The maximum atomic E-state index is 12.6. The molecular weight excluding hydrogens is 418 g/mol. The van der Waals surface area contributed by atoms with Crippen LogP contribution in [0.3, 0.4) is 0 Å². The third-order valence-corrected chi connectivity index (χ3v) is 6.15. The summed E-state index contributed by atoms with van der Waals surface area (Å²) in [4.78, 5) is 14.7. The molecule has 6 nitrogen and oxygen atoms in total. The molecule has 1 amide bonds. The van der Waals surface area contributed by atoms with E-state index in [2.05, 4.69) is 27.3 Å². The fourth-order valence-corrected chi connectivity index (χ4v) is 3.86. The van der Waals surface area contributed by atoms with Crippen molar-refractivity contribution in [2.75, 3.05) is 14.1 Å². The van der Waals surface area contributed by atoms with Crippen molar-refractivity contribution in [3.05, 3.63) is 71.0 Å². The Morgan fingerprint density at radius 2 is 1.77 bits per heavy atom. The number of carbonyl (C=O) groups excluding carboxylic acids is 1. The molecule has 1 N–H and O–H groups in total. The summed E-state index contributed by atoms with van der Waals surface area (Å²) in [6.07, 6.45) is 0. The molecule has 0 aliphatic carbocycles. The van der Waals surface area contributed by atoms with Crippen molar-refractivity contribution >= 4 is 29.3 Å². The largest absolute Gasteiger partial charge is 0.351 e. The van der Waals surface area contributed by atoms with Gasteiger partial charge in [-0.1, -0.05) is 53.7 Å². The first kappa shape index (κ1) is 22.3. The van der Waals surface area contributed by atoms with E-state index in [1.807, 2.05) is 80.2 Å². The molecule has 3 aromatic rings. The molecule has 0 aliphatic heterocycles. The molecule has 0 fully saturated rings. The predicted octanol–water partition coefficient (Wildman–Crippen LogP) is 4.34. The van der Waals surface area contributed by atoms with Crippen molar-refractivity contribution in [2.24, 2.45) is 0 Å². The highest BCUT2D eigenvalue weighted by Crippen LogP contribution is 2.29. The lowest BCUT2D eigenvalue weighted by Gasteiger charge is -2.21. The van der Waals surface area contributed by atoms with Crippen LogP contribution in [0.25, 0.3) is 5.69 Å². The maximum Gasteiger partial charge on any atom is 0.233 e. The third kappa shape index (κ3) is 5.41. The van der Waals surface area contributed by atoms with Crippen molar-refractivity contribution < 1.29 is 4.79 Å². The van der Waals surface area contributed by atoms with Crippen molar-refractivity contribution in [1.29, 1.82) is 0 Å². The number of hydrogen-bond donors (Lipinski definition) is 1. The van der Waals surface area contributed by atoms with Gasteiger partial charge in [-0.25, -0.2) is 0 Å². The van der Waals surface area contributed by atoms with E-state index in [1.165, 1.54) is 11.8 Å². The molecule has 2 atom stereocenters. The molecule has 0 aliphatic rings. The molecular formula is C22H26ClN5OS. The van der Waals surface area contributed by atoms with Crippen LogP contribution in [0.2, 0.25) is 5.02 Å². The molecule has 0 saturated heterocycles. The summed E-state index contributed by atoms with van der Waals surface area (Å²) in [5, 5.41) is 12.8. The second-order valence-electron chi connectivity index (χ2n) is 7.26. The minimum atomic E-state index is -0.327. The smallest absolute Gasteiger partial charge is 0.233 e. The number of aromatic nitrogens is 3. The molecule has 0 saturated carbocycles. The van der Waals surface area contributed by atoms with E-state index in [0.29, 0.717) is 16.7 Å².